The Balaban J connectivity index is 1.85. The summed E-state index contributed by atoms with van der Waals surface area (Å²) >= 11 is 1.71. The van der Waals surface area contributed by atoms with E-state index in [1.54, 1.807) is 11.3 Å². The fraction of sp³-hybridized carbons (Fsp3) is 0.176. The van der Waals surface area contributed by atoms with Crippen molar-refractivity contribution in [1.82, 2.24) is 4.98 Å². The molecule has 3 rings (SSSR count). The highest BCUT2D eigenvalue weighted by atomic mass is 32.1. The van der Waals surface area contributed by atoms with Gasteiger partial charge in [0.15, 0.2) is 0 Å². The lowest BCUT2D eigenvalue weighted by Gasteiger charge is -2.14. The second-order valence-electron chi connectivity index (χ2n) is 5.07. The van der Waals surface area contributed by atoms with Crippen molar-refractivity contribution < 1.29 is 0 Å². The Morgan fingerprint density at radius 3 is 2.95 bits per heavy atom. The third-order valence-corrected chi connectivity index (χ3v) is 4.08. The molecule has 0 spiro atoms. The number of hydrogen-bond donors (Lipinski definition) is 1. The second-order valence-corrected chi connectivity index (χ2v) is 5.85. The van der Waals surface area contributed by atoms with Crippen LogP contribution in [0.2, 0.25) is 0 Å². The molecule has 1 N–H and O–H groups in total. The smallest absolute Gasteiger partial charge is 0.128 e. The van der Waals surface area contributed by atoms with Crippen LogP contribution in [-0.2, 0) is 6.42 Å². The van der Waals surface area contributed by atoms with Crippen molar-refractivity contribution in [3.05, 3.63) is 58.3 Å². The topological polar surface area (TPSA) is 48.7 Å². The molecule has 0 fully saturated rings. The van der Waals surface area contributed by atoms with E-state index in [-0.39, 0.29) is 6.04 Å². The Bertz CT molecular complexity index is 787. The SMILES string of the molecule is CC(Cc1ccsc1)Nc1cc(C#N)c2ccccc2n1. The molecule has 3 nitrogen and oxygen atoms in total. The summed E-state index contributed by atoms with van der Waals surface area (Å²) in [5.41, 5.74) is 2.83. The summed E-state index contributed by atoms with van der Waals surface area (Å²) in [6.45, 7) is 2.13. The first kappa shape index (κ1) is 13.6. The normalized spacial score (nSPS) is 12.0. The predicted octanol–water partition coefficient (Wildman–Crippen LogP) is 4.21. The molecule has 1 aromatic carbocycles. The molecule has 0 bridgehead atoms. The standard InChI is InChI=1S/C17H15N3S/c1-12(8-13-6-7-21-11-13)19-17-9-14(10-18)15-4-2-3-5-16(15)20-17/h2-7,9,11-12H,8H2,1H3,(H,19,20). The molecule has 0 aliphatic carbocycles. The Morgan fingerprint density at radius 2 is 2.19 bits per heavy atom. The third-order valence-electron chi connectivity index (χ3n) is 3.35. The fourth-order valence-corrected chi connectivity index (χ4v) is 3.09. The molecule has 0 saturated heterocycles. The van der Waals surface area contributed by atoms with E-state index in [1.165, 1.54) is 5.56 Å². The quantitative estimate of drug-likeness (QED) is 0.784. The number of para-hydroxylation sites is 1. The summed E-state index contributed by atoms with van der Waals surface area (Å²) in [5.74, 6) is 0.757. The molecule has 1 unspecified atom stereocenters. The van der Waals surface area contributed by atoms with Crippen molar-refractivity contribution in [2.24, 2.45) is 0 Å². The molecule has 2 aromatic heterocycles. The number of thiophene rings is 1. The number of anilines is 1. The zero-order valence-electron chi connectivity index (χ0n) is 11.7. The minimum absolute atomic E-state index is 0.264. The van der Waals surface area contributed by atoms with Gasteiger partial charge in [0.05, 0.1) is 17.1 Å². The highest BCUT2D eigenvalue weighted by Crippen LogP contribution is 2.21. The number of rotatable bonds is 4. The van der Waals surface area contributed by atoms with Gasteiger partial charge in [0.25, 0.3) is 0 Å². The van der Waals surface area contributed by atoms with E-state index in [9.17, 15) is 5.26 Å². The van der Waals surface area contributed by atoms with E-state index in [0.29, 0.717) is 5.56 Å². The van der Waals surface area contributed by atoms with E-state index in [1.807, 2.05) is 30.3 Å². The largest absolute Gasteiger partial charge is 0.367 e. The van der Waals surface area contributed by atoms with Crippen molar-refractivity contribution in [1.29, 1.82) is 5.26 Å². The average Bonchev–Trinajstić information content (AvgIpc) is 2.99. The second kappa shape index (κ2) is 5.94. The number of nitrogens with zero attached hydrogens (tertiary/aromatic N) is 2. The molecular formula is C17H15N3S. The molecule has 0 aliphatic rings. The third kappa shape index (κ3) is 3.04. The van der Waals surface area contributed by atoms with Crippen molar-refractivity contribution in [2.75, 3.05) is 5.32 Å². The van der Waals surface area contributed by atoms with Gasteiger partial charge in [0.1, 0.15) is 5.82 Å². The number of fused-ring (bicyclic) bond motifs is 1. The maximum Gasteiger partial charge on any atom is 0.128 e. The lowest BCUT2D eigenvalue weighted by atomic mass is 10.1. The van der Waals surface area contributed by atoms with Crippen LogP contribution in [0.5, 0.6) is 0 Å². The Morgan fingerprint density at radius 1 is 1.33 bits per heavy atom. The molecule has 0 aliphatic heterocycles. The molecule has 2 heterocycles. The summed E-state index contributed by atoms with van der Waals surface area (Å²) in [6, 6.07) is 14.2. The van der Waals surface area contributed by atoms with Crippen LogP contribution in [0.1, 0.15) is 18.1 Å². The summed E-state index contributed by atoms with van der Waals surface area (Å²) in [4.78, 5) is 4.59. The fourth-order valence-electron chi connectivity index (χ4n) is 2.41. The molecule has 104 valence electrons. The van der Waals surface area contributed by atoms with Gasteiger partial charge in [0, 0.05) is 11.4 Å². The number of nitrogens with one attached hydrogen (secondary N) is 1. The summed E-state index contributed by atoms with van der Waals surface area (Å²) in [6.07, 6.45) is 0.944. The highest BCUT2D eigenvalue weighted by Gasteiger charge is 2.08. The average molecular weight is 293 g/mol. The van der Waals surface area contributed by atoms with Crippen LogP contribution in [-0.4, -0.2) is 11.0 Å². The first-order valence-electron chi connectivity index (χ1n) is 6.84. The van der Waals surface area contributed by atoms with Crippen LogP contribution in [0.15, 0.2) is 47.2 Å². The molecule has 0 radical (unpaired) electrons. The minimum atomic E-state index is 0.264. The molecule has 3 aromatic rings. The molecule has 4 heteroatoms. The van der Waals surface area contributed by atoms with Crippen molar-refractivity contribution in [3.63, 3.8) is 0 Å². The van der Waals surface area contributed by atoms with Gasteiger partial charge >= 0.3 is 0 Å². The van der Waals surface area contributed by atoms with Crippen LogP contribution in [0, 0.1) is 11.3 Å². The van der Waals surface area contributed by atoms with Crippen LogP contribution in [0.3, 0.4) is 0 Å². The minimum Gasteiger partial charge on any atom is -0.367 e. The monoisotopic (exact) mass is 293 g/mol. The number of hydrogen-bond acceptors (Lipinski definition) is 4. The van der Waals surface area contributed by atoms with Gasteiger partial charge in [-0.05, 0) is 47.9 Å². The van der Waals surface area contributed by atoms with Crippen molar-refractivity contribution >= 4 is 28.1 Å². The van der Waals surface area contributed by atoms with E-state index in [0.717, 1.165) is 23.1 Å². The number of aromatic nitrogens is 1. The Kier molecular flexibility index (Phi) is 3.85. The Labute approximate surface area is 127 Å². The van der Waals surface area contributed by atoms with Gasteiger partial charge in [-0.3, -0.25) is 0 Å². The first-order valence-corrected chi connectivity index (χ1v) is 7.78. The van der Waals surface area contributed by atoms with Crippen LogP contribution in [0.4, 0.5) is 5.82 Å². The first-order chi connectivity index (χ1) is 10.3. The van der Waals surface area contributed by atoms with Gasteiger partial charge in [-0.2, -0.15) is 16.6 Å². The molecule has 0 amide bonds. The van der Waals surface area contributed by atoms with Gasteiger partial charge in [-0.25, -0.2) is 4.98 Å². The van der Waals surface area contributed by atoms with E-state index in [2.05, 4.69) is 40.1 Å². The molecule has 0 saturated carbocycles. The van der Waals surface area contributed by atoms with Crippen LogP contribution < -0.4 is 5.32 Å². The maximum absolute atomic E-state index is 9.30. The lowest BCUT2D eigenvalue weighted by Crippen LogP contribution is -2.18. The van der Waals surface area contributed by atoms with Crippen molar-refractivity contribution in [2.45, 2.75) is 19.4 Å². The summed E-state index contributed by atoms with van der Waals surface area (Å²) in [7, 11) is 0. The molecule has 21 heavy (non-hydrogen) atoms. The summed E-state index contributed by atoms with van der Waals surface area (Å²) in [5, 5.41) is 17.8. The van der Waals surface area contributed by atoms with E-state index < -0.39 is 0 Å². The predicted molar refractivity (Wildman–Crippen MR) is 87.6 cm³/mol. The lowest BCUT2D eigenvalue weighted by molar-refractivity contribution is 0.788. The zero-order chi connectivity index (χ0) is 14.7. The maximum atomic E-state index is 9.30. The van der Waals surface area contributed by atoms with Crippen LogP contribution in [0.25, 0.3) is 10.9 Å². The number of nitriles is 1. The highest BCUT2D eigenvalue weighted by molar-refractivity contribution is 7.07. The van der Waals surface area contributed by atoms with Gasteiger partial charge < -0.3 is 5.32 Å². The molecule has 1 atom stereocenters. The summed E-state index contributed by atoms with van der Waals surface area (Å²) < 4.78 is 0. The van der Waals surface area contributed by atoms with E-state index in [4.69, 9.17) is 0 Å². The van der Waals surface area contributed by atoms with Gasteiger partial charge in [-0.1, -0.05) is 18.2 Å². The van der Waals surface area contributed by atoms with Crippen LogP contribution >= 0.6 is 11.3 Å². The van der Waals surface area contributed by atoms with E-state index >= 15 is 0 Å². The van der Waals surface area contributed by atoms with Crippen molar-refractivity contribution in [3.8, 4) is 6.07 Å². The number of benzene rings is 1. The van der Waals surface area contributed by atoms with Gasteiger partial charge in [0.2, 0.25) is 0 Å². The zero-order valence-corrected chi connectivity index (χ0v) is 12.5. The van der Waals surface area contributed by atoms with Gasteiger partial charge in [-0.15, -0.1) is 0 Å². The Hall–Kier alpha value is -2.38. The number of pyridine rings is 1. The molecular weight excluding hydrogens is 278 g/mol.